The van der Waals surface area contributed by atoms with Crippen LogP contribution in [0, 0.1) is 0 Å². The minimum atomic E-state index is 0.00634. The van der Waals surface area contributed by atoms with Crippen molar-refractivity contribution in [2.45, 2.75) is 0 Å². The molecule has 0 fully saturated rings. The smallest absolute Gasteiger partial charge is 0.192 e. The Kier molecular flexibility index (Phi) is 3.18. The van der Waals surface area contributed by atoms with Crippen molar-refractivity contribution in [1.29, 1.82) is 0 Å². The van der Waals surface area contributed by atoms with Crippen LogP contribution in [0.3, 0.4) is 0 Å². The van der Waals surface area contributed by atoms with Crippen LogP contribution in [0.4, 0.5) is 0 Å². The first-order valence-corrected chi connectivity index (χ1v) is 4.92. The van der Waals surface area contributed by atoms with E-state index in [-0.39, 0.29) is 5.43 Å². The molecular weight excluding hydrogens is 202 g/mol. The Labute approximate surface area is 92.4 Å². The molecule has 0 amide bonds. The molecule has 0 spiro atoms. The summed E-state index contributed by atoms with van der Waals surface area (Å²) in [5.74, 6) is 0. The molecule has 2 heterocycles. The number of benzene rings is 1. The van der Waals surface area contributed by atoms with Crippen molar-refractivity contribution >= 4 is 11.0 Å². The van der Waals surface area contributed by atoms with Crippen molar-refractivity contribution in [3.8, 4) is 0 Å². The van der Waals surface area contributed by atoms with Gasteiger partial charge in [0.15, 0.2) is 5.43 Å². The fraction of sp³-hybridized carbons (Fsp3) is 0. The highest BCUT2D eigenvalue weighted by Crippen LogP contribution is 2.06. The van der Waals surface area contributed by atoms with Gasteiger partial charge in [-0.2, -0.15) is 0 Å². The average molecular weight is 213 g/mol. The highest BCUT2D eigenvalue weighted by Gasteiger charge is 1.95. The number of hydrogen-bond donors (Lipinski definition) is 1. The summed E-state index contributed by atoms with van der Waals surface area (Å²) in [4.78, 5) is 14.0. The number of fused-ring (bicyclic) bond motifs is 1. The summed E-state index contributed by atoms with van der Waals surface area (Å²) >= 11 is 0. The van der Waals surface area contributed by atoms with Crippen molar-refractivity contribution in [3.05, 3.63) is 71.3 Å². The minimum Gasteiger partial charge on any atom is -0.464 e. The Bertz CT molecular complexity index is 574. The van der Waals surface area contributed by atoms with Crippen molar-refractivity contribution in [3.63, 3.8) is 0 Å². The van der Waals surface area contributed by atoms with Crippen molar-refractivity contribution in [1.82, 2.24) is 4.98 Å². The zero-order valence-electron chi connectivity index (χ0n) is 8.59. The van der Waals surface area contributed by atoms with Gasteiger partial charge in [-0.25, -0.2) is 0 Å². The number of nitrogens with one attached hydrogen (secondary N) is 1. The van der Waals surface area contributed by atoms with Crippen LogP contribution in [0.25, 0.3) is 11.0 Å². The SMILES string of the molecule is O=c1ccoc2ccccc12.c1cc[nH]c1. The zero-order chi connectivity index (χ0) is 11.2. The molecule has 3 nitrogen and oxygen atoms in total. The highest BCUT2D eigenvalue weighted by molar-refractivity contribution is 5.75. The summed E-state index contributed by atoms with van der Waals surface area (Å²) in [6.07, 6.45) is 5.16. The molecule has 0 aliphatic carbocycles. The lowest BCUT2D eigenvalue weighted by molar-refractivity contribution is 0.602. The van der Waals surface area contributed by atoms with Gasteiger partial charge in [0.2, 0.25) is 0 Å². The molecule has 3 rings (SSSR count). The van der Waals surface area contributed by atoms with Gasteiger partial charge in [-0.05, 0) is 24.3 Å². The third kappa shape index (κ3) is 2.39. The maximum atomic E-state index is 11.1. The van der Waals surface area contributed by atoms with E-state index >= 15 is 0 Å². The molecular formula is C13H11NO2. The van der Waals surface area contributed by atoms with Gasteiger partial charge in [0.05, 0.1) is 11.6 Å². The van der Waals surface area contributed by atoms with Crippen molar-refractivity contribution in [2.24, 2.45) is 0 Å². The Morgan fingerprint density at radius 1 is 0.938 bits per heavy atom. The Balaban J connectivity index is 0.000000162. The second-order valence-corrected chi connectivity index (χ2v) is 3.17. The second-order valence-electron chi connectivity index (χ2n) is 3.17. The van der Waals surface area contributed by atoms with Gasteiger partial charge in [0.1, 0.15) is 5.58 Å². The van der Waals surface area contributed by atoms with Gasteiger partial charge in [0.25, 0.3) is 0 Å². The van der Waals surface area contributed by atoms with Crippen LogP contribution in [0.1, 0.15) is 0 Å². The summed E-state index contributed by atoms with van der Waals surface area (Å²) < 4.78 is 5.09. The van der Waals surface area contributed by atoms with E-state index in [1.807, 2.05) is 36.7 Å². The van der Waals surface area contributed by atoms with Gasteiger partial charge in [-0.1, -0.05) is 12.1 Å². The second kappa shape index (κ2) is 4.98. The van der Waals surface area contributed by atoms with Gasteiger partial charge in [-0.15, -0.1) is 0 Å². The Morgan fingerprint density at radius 3 is 2.31 bits per heavy atom. The molecule has 2 aromatic heterocycles. The van der Waals surface area contributed by atoms with E-state index in [1.54, 1.807) is 12.1 Å². The first-order chi connectivity index (χ1) is 7.88. The number of hydrogen-bond acceptors (Lipinski definition) is 2. The number of aromatic nitrogens is 1. The molecule has 0 saturated heterocycles. The zero-order valence-corrected chi connectivity index (χ0v) is 8.59. The molecule has 80 valence electrons. The molecule has 16 heavy (non-hydrogen) atoms. The summed E-state index contributed by atoms with van der Waals surface area (Å²) in [6.45, 7) is 0. The quantitative estimate of drug-likeness (QED) is 0.624. The lowest BCUT2D eigenvalue weighted by atomic mass is 10.2. The lowest BCUT2D eigenvalue weighted by Gasteiger charge is -1.91. The van der Waals surface area contributed by atoms with E-state index in [0.717, 1.165) is 0 Å². The van der Waals surface area contributed by atoms with Crippen LogP contribution in [-0.4, -0.2) is 4.98 Å². The average Bonchev–Trinajstić information content (AvgIpc) is 2.88. The summed E-state index contributed by atoms with van der Waals surface area (Å²) in [7, 11) is 0. The van der Waals surface area contributed by atoms with E-state index in [4.69, 9.17) is 4.42 Å². The summed E-state index contributed by atoms with van der Waals surface area (Å²) in [5.41, 5.74) is 0.645. The molecule has 0 saturated carbocycles. The molecule has 0 bridgehead atoms. The molecule has 0 radical (unpaired) electrons. The van der Waals surface area contributed by atoms with Gasteiger partial charge >= 0.3 is 0 Å². The van der Waals surface area contributed by atoms with Gasteiger partial charge < -0.3 is 9.40 Å². The minimum absolute atomic E-state index is 0.00634. The van der Waals surface area contributed by atoms with Gasteiger partial charge in [-0.3, -0.25) is 4.79 Å². The lowest BCUT2D eigenvalue weighted by Crippen LogP contribution is -1.96. The fourth-order valence-electron chi connectivity index (χ4n) is 1.31. The van der Waals surface area contributed by atoms with Crippen LogP contribution in [0.15, 0.2) is 70.3 Å². The fourth-order valence-corrected chi connectivity index (χ4v) is 1.31. The van der Waals surface area contributed by atoms with Crippen LogP contribution < -0.4 is 5.43 Å². The standard InChI is InChI=1S/C9H6O2.C4H5N/c10-8-5-6-11-9-4-2-1-3-7(8)9;1-2-4-5-3-1/h1-6H;1-5H. The predicted molar refractivity (Wildman–Crippen MR) is 63.3 cm³/mol. The number of rotatable bonds is 0. The molecule has 0 aliphatic heterocycles. The summed E-state index contributed by atoms with van der Waals surface area (Å²) in [6, 6.07) is 12.5. The van der Waals surface area contributed by atoms with E-state index in [1.165, 1.54) is 12.3 Å². The molecule has 3 aromatic rings. The molecule has 0 atom stereocenters. The summed E-state index contributed by atoms with van der Waals surface area (Å²) in [5, 5.41) is 0.634. The van der Waals surface area contributed by atoms with E-state index in [2.05, 4.69) is 4.98 Å². The van der Waals surface area contributed by atoms with Crippen molar-refractivity contribution < 1.29 is 4.42 Å². The maximum Gasteiger partial charge on any atom is 0.192 e. The third-order valence-corrected chi connectivity index (χ3v) is 2.06. The highest BCUT2D eigenvalue weighted by atomic mass is 16.3. The topological polar surface area (TPSA) is 46.0 Å². The Hall–Kier alpha value is -2.29. The first kappa shape index (κ1) is 10.2. The maximum absolute atomic E-state index is 11.1. The normalized spacial score (nSPS) is 9.50. The van der Waals surface area contributed by atoms with Crippen LogP contribution in [0.5, 0.6) is 0 Å². The number of H-pyrrole nitrogens is 1. The molecule has 0 aliphatic rings. The molecule has 1 aromatic carbocycles. The van der Waals surface area contributed by atoms with Crippen LogP contribution >= 0.6 is 0 Å². The largest absolute Gasteiger partial charge is 0.464 e. The van der Waals surface area contributed by atoms with Crippen LogP contribution in [-0.2, 0) is 0 Å². The molecule has 3 heteroatoms. The molecule has 1 N–H and O–H groups in total. The van der Waals surface area contributed by atoms with E-state index < -0.39 is 0 Å². The number of aromatic amines is 1. The Morgan fingerprint density at radius 2 is 1.69 bits per heavy atom. The third-order valence-electron chi connectivity index (χ3n) is 2.06. The predicted octanol–water partition coefficient (Wildman–Crippen LogP) is 2.81. The number of para-hydroxylation sites is 1. The monoisotopic (exact) mass is 213 g/mol. The molecule has 0 unspecified atom stereocenters. The first-order valence-electron chi connectivity index (χ1n) is 4.92. The van der Waals surface area contributed by atoms with Gasteiger partial charge in [0, 0.05) is 18.5 Å². The van der Waals surface area contributed by atoms with Crippen LogP contribution in [0.2, 0.25) is 0 Å². The van der Waals surface area contributed by atoms with Crippen molar-refractivity contribution in [2.75, 3.05) is 0 Å². The van der Waals surface area contributed by atoms with E-state index in [0.29, 0.717) is 11.0 Å². The van der Waals surface area contributed by atoms with E-state index in [9.17, 15) is 4.79 Å².